The van der Waals surface area contributed by atoms with E-state index in [4.69, 9.17) is 0 Å². The van der Waals surface area contributed by atoms with Crippen LogP contribution in [0.4, 0.5) is 5.69 Å². The van der Waals surface area contributed by atoms with Gasteiger partial charge in [-0.3, -0.25) is 9.69 Å². The molecule has 6 nitrogen and oxygen atoms in total. The van der Waals surface area contributed by atoms with Crippen molar-refractivity contribution in [2.75, 3.05) is 31.5 Å². The number of sulfonamides is 1. The van der Waals surface area contributed by atoms with Crippen LogP contribution in [0.5, 0.6) is 0 Å². The largest absolute Gasteiger partial charge is 0.326 e. The number of amides is 1. The molecule has 0 aromatic heterocycles. The highest BCUT2D eigenvalue weighted by atomic mass is 32.2. The summed E-state index contributed by atoms with van der Waals surface area (Å²) in [7, 11) is -3.57. The molecule has 1 atom stereocenters. The SMILES string of the molecule is CC(=O)Nc1ccc(S(=O)(=O)N2CCN3CCc4ccccc4C3C2)cc1. The molecule has 2 aliphatic heterocycles. The number of benzene rings is 2. The van der Waals surface area contributed by atoms with Crippen molar-refractivity contribution in [2.45, 2.75) is 24.3 Å². The van der Waals surface area contributed by atoms with Crippen LogP contribution < -0.4 is 5.32 Å². The highest BCUT2D eigenvalue weighted by Gasteiger charge is 2.37. The van der Waals surface area contributed by atoms with Crippen molar-refractivity contribution in [1.82, 2.24) is 9.21 Å². The Morgan fingerprint density at radius 3 is 2.52 bits per heavy atom. The van der Waals surface area contributed by atoms with E-state index in [0.717, 1.165) is 19.5 Å². The lowest BCUT2D eigenvalue weighted by molar-refractivity contribution is -0.114. The zero-order chi connectivity index (χ0) is 19.0. The van der Waals surface area contributed by atoms with Crippen LogP contribution in [0.2, 0.25) is 0 Å². The van der Waals surface area contributed by atoms with E-state index in [9.17, 15) is 13.2 Å². The van der Waals surface area contributed by atoms with E-state index in [0.29, 0.717) is 18.8 Å². The van der Waals surface area contributed by atoms with Crippen LogP contribution in [0.25, 0.3) is 0 Å². The monoisotopic (exact) mass is 385 g/mol. The van der Waals surface area contributed by atoms with E-state index < -0.39 is 10.0 Å². The first-order valence-corrected chi connectivity index (χ1v) is 10.6. The molecule has 1 unspecified atom stereocenters. The van der Waals surface area contributed by atoms with Gasteiger partial charge in [0.15, 0.2) is 0 Å². The maximum Gasteiger partial charge on any atom is 0.243 e. The van der Waals surface area contributed by atoms with E-state index in [1.165, 1.54) is 18.1 Å². The van der Waals surface area contributed by atoms with Gasteiger partial charge in [-0.1, -0.05) is 24.3 Å². The Hall–Kier alpha value is -2.22. The summed E-state index contributed by atoms with van der Waals surface area (Å²) in [5.74, 6) is -0.183. The van der Waals surface area contributed by atoms with Gasteiger partial charge in [-0.2, -0.15) is 4.31 Å². The molecule has 2 aromatic rings. The van der Waals surface area contributed by atoms with Gasteiger partial charge in [0.25, 0.3) is 0 Å². The molecule has 2 heterocycles. The fourth-order valence-corrected chi connectivity index (χ4v) is 5.43. The summed E-state index contributed by atoms with van der Waals surface area (Å²) in [4.78, 5) is 13.8. The van der Waals surface area contributed by atoms with Crippen molar-refractivity contribution in [2.24, 2.45) is 0 Å². The minimum absolute atomic E-state index is 0.108. The van der Waals surface area contributed by atoms with Gasteiger partial charge in [0.2, 0.25) is 15.9 Å². The first kappa shape index (κ1) is 18.2. The summed E-state index contributed by atoms with van der Waals surface area (Å²) in [6.45, 7) is 4.09. The van der Waals surface area contributed by atoms with E-state index in [1.807, 2.05) is 12.1 Å². The van der Waals surface area contributed by atoms with Gasteiger partial charge in [-0.25, -0.2) is 8.42 Å². The molecule has 1 amide bonds. The zero-order valence-electron chi connectivity index (χ0n) is 15.3. The minimum Gasteiger partial charge on any atom is -0.326 e. The molecule has 0 bridgehead atoms. The van der Waals surface area contributed by atoms with Crippen molar-refractivity contribution in [1.29, 1.82) is 0 Å². The van der Waals surface area contributed by atoms with Crippen LogP contribution in [0.3, 0.4) is 0 Å². The third-order valence-corrected chi connectivity index (χ3v) is 7.23. The Balaban J connectivity index is 1.58. The second kappa shape index (κ2) is 7.07. The number of nitrogens with zero attached hydrogens (tertiary/aromatic N) is 2. The van der Waals surface area contributed by atoms with Crippen molar-refractivity contribution in [3.63, 3.8) is 0 Å². The number of fused-ring (bicyclic) bond motifs is 3. The molecule has 0 saturated carbocycles. The average molecular weight is 385 g/mol. The lowest BCUT2D eigenvalue weighted by atomic mass is 9.91. The summed E-state index contributed by atoms with van der Waals surface area (Å²) in [5.41, 5.74) is 3.15. The second-order valence-corrected chi connectivity index (χ2v) is 9.01. The normalized spacial score (nSPS) is 20.6. The van der Waals surface area contributed by atoms with Gasteiger partial charge in [0, 0.05) is 44.8 Å². The highest BCUT2D eigenvalue weighted by Crippen LogP contribution is 2.34. The fraction of sp³-hybridized carbons (Fsp3) is 0.350. The molecule has 4 rings (SSSR count). The Morgan fingerprint density at radius 2 is 1.78 bits per heavy atom. The quantitative estimate of drug-likeness (QED) is 0.880. The zero-order valence-corrected chi connectivity index (χ0v) is 16.1. The van der Waals surface area contributed by atoms with Gasteiger partial charge in [0.1, 0.15) is 0 Å². The van der Waals surface area contributed by atoms with E-state index in [1.54, 1.807) is 28.6 Å². The fourth-order valence-electron chi connectivity index (χ4n) is 3.99. The van der Waals surface area contributed by atoms with E-state index in [-0.39, 0.29) is 16.8 Å². The van der Waals surface area contributed by atoms with E-state index in [2.05, 4.69) is 22.3 Å². The second-order valence-electron chi connectivity index (χ2n) is 7.07. The number of piperazine rings is 1. The van der Waals surface area contributed by atoms with Crippen LogP contribution in [-0.2, 0) is 21.2 Å². The molecule has 1 saturated heterocycles. The van der Waals surface area contributed by atoms with Crippen molar-refractivity contribution >= 4 is 21.6 Å². The number of hydrogen-bond acceptors (Lipinski definition) is 4. The minimum atomic E-state index is -3.57. The average Bonchev–Trinajstić information content (AvgIpc) is 2.67. The summed E-state index contributed by atoms with van der Waals surface area (Å²) >= 11 is 0. The summed E-state index contributed by atoms with van der Waals surface area (Å²) in [6, 6.07) is 14.8. The maximum atomic E-state index is 13.1. The Bertz CT molecular complexity index is 957. The van der Waals surface area contributed by atoms with E-state index >= 15 is 0 Å². The molecule has 0 radical (unpaired) electrons. The first-order chi connectivity index (χ1) is 12.9. The molecular formula is C20H23N3O3S. The predicted molar refractivity (Wildman–Crippen MR) is 104 cm³/mol. The molecule has 7 heteroatoms. The van der Waals surface area contributed by atoms with Crippen LogP contribution in [0, 0.1) is 0 Å². The summed E-state index contributed by atoms with van der Waals surface area (Å²) in [5, 5.41) is 2.66. The smallest absolute Gasteiger partial charge is 0.243 e. The Kier molecular flexibility index (Phi) is 4.75. The molecule has 0 aliphatic carbocycles. The van der Waals surface area contributed by atoms with Gasteiger partial charge in [-0.15, -0.1) is 0 Å². The molecule has 1 fully saturated rings. The van der Waals surface area contributed by atoms with Gasteiger partial charge in [0.05, 0.1) is 4.90 Å². The summed E-state index contributed by atoms with van der Waals surface area (Å²) in [6.07, 6.45) is 1.02. The summed E-state index contributed by atoms with van der Waals surface area (Å²) < 4.78 is 27.8. The lowest BCUT2D eigenvalue weighted by Crippen LogP contribution is -2.52. The third kappa shape index (κ3) is 3.50. The van der Waals surface area contributed by atoms with Crippen molar-refractivity contribution < 1.29 is 13.2 Å². The predicted octanol–water partition coefficient (Wildman–Crippen LogP) is 2.25. The number of carbonyl (C=O) groups is 1. The van der Waals surface area contributed by atoms with Gasteiger partial charge >= 0.3 is 0 Å². The van der Waals surface area contributed by atoms with Crippen LogP contribution in [0.15, 0.2) is 53.4 Å². The number of rotatable bonds is 3. The van der Waals surface area contributed by atoms with Gasteiger partial charge < -0.3 is 5.32 Å². The topological polar surface area (TPSA) is 69.7 Å². The molecule has 27 heavy (non-hydrogen) atoms. The van der Waals surface area contributed by atoms with Crippen LogP contribution in [0.1, 0.15) is 24.1 Å². The first-order valence-electron chi connectivity index (χ1n) is 9.15. The molecule has 2 aromatic carbocycles. The number of anilines is 1. The van der Waals surface area contributed by atoms with Crippen LogP contribution >= 0.6 is 0 Å². The molecule has 0 spiro atoms. The molecule has 2 aliphatic rings. The molecular weight excluding hydrogens is 362 g/mol. The molecule has 142 valence electrons. The number of hydrogen-bond donors (Lipinski definition) is 1. The maximum absolute atomic E-state index is 13.1. The highest BCUT2D eigenvalue weighted by molar-refractivity contribution is 7.89. The van der Waals surface area contributed by atoms with Crippen molar-refractivity contribution in [3.05, 3.63) is 59.7 Å². The Morgan fingerprint density at radius 1 is 1.04 bits per heavy atom. The number of nitrogens with one attached hydrogen (secondary N) is 1. The van der Waals surface area contributed by atoms with Crippen LogP contribution in [-0.4, -0.2) is 49.7 Å². The standard InChI is InChI=1S/C20H23N3O3S/c1-15(24)21-17-6-8-18(9-7-17)27(25,26)23-13-12-22-11-10-16-4-2-3-5-19(16)20(22)14-23/h2-9,20H,10-14H2,1H3,(H,21,24). The van der Waals surface area contributed by atoms with Gasteiger partial charge in [-0.05, 0) is 41.8 Å². The molecule has 1 N–H and O–H groups in total. The lowest BCUT2D eigenvalue weighted by Gasteiger charge is -2.44. The Labute approximate surface area is 159 Å². The van der Waals surface area contributed by atoms with Crippen molar-refractivity contribution in [3.8, 4) is 0 Å². The number of carbonyl (C=O) groups excluding carboxylic acids is 1. The third-order valence-electron chi connectivity index (χ3n) is 5.35.